The third-order valence-electron chi connectivity index (χ3n) is 2.45. The standard InChI is InChI=1S/C12H13F2NO2/c1-12(13,14)9-6-11-10(16-7-17-11)5-8(9)3-2-4-15/h2-3,5-6H,4,7,15H2,1H3/b3-2+. The fraction of sp³-hybridized carbons (Fsp3) is 0.333. The summed E-state index contributed by atoms with van der Waals surface area (Å²) in [5.41, 5.74) is 5.62. The summed E-state index contributed by atoms with van der Waals surface area (Å²) >= 11 is 0. The minimum Gasteiger partial charge on any atom is -0.454 e. The van der Waals surface area contributed by atoms with Gasteiger partial charge < -0.3 is 15.2 Å². The molecule has 2 rings (SSSR count). The maximum absolute atomic E-state index is 13.4. The first kappa shape index (κ1) is 11.9. The molecule has 0 amide bonds. The molecule has 0 radical (unpaired) electrons. The van der Waals surface area contributed by atoms with Crippen molar-refractivity contribution in [1.29, 1.82) is 0 Å². The molecular formula is C12H13F2NO2. The lowest BCUT2D eigenvalue weighted by Gasteiger charge is -2.14. The Morgan fingerprint density at radius 2 is 2.00 bits per heavy atom. The van der Waals surface area contributed by atoms with E-state index >= 15 is 0 Å². The van der Waals surface area contributed by atoms with Gasteiger partial charge in [0, 0.05) is 19.0 Å². The van der Waals surface area contributed by atoms with Crippen LogP contribution in [0.4, 0.5) is 8.78 Å². The first-order valence-electron chi connectivity index (χ1n) is 5.21. The molecule has 0 unspecified atom stereocenters. The van der Waals surface area contributed by atoms with Crippen LogP contribution in [-0.2, 0) is 5.92 Å². The molecule has 0 bridgehead atoms. The lowest BCUT2D eigenvalue weighted by Crippen LogP contribution is -2.09. The Hall–Kier alpha value is -1.62. The van der Waals surface area contributed by atoms with Crippen molar-refractivity contribution in [2.45, 2.75) is 12.8 Å². The summed E-state index contributed by atoms with van der Waals surface area (Å²) < 4.78 is 37.1. The average Bonchev–Trinajstić information content (AvgIpc) is 2.70. The molecule has 0 aromatic heterocycles. The Morgan fingerprint density at radius 1 is 1.35 bits per heavy atom. The van der Waals surface area contributed by atoms with E-state index in [2.05, 4.69) is 0 Å². The van der Waals surface area contributed by atoms with Crippen molar-refractivity contribution in [2.75, 3.05) is 13.3 Å². The number of alkyl halides is 2. The normalized spacial score (nSPS) is 14.6. The molecule has 2 N–H and O–H groups in total. The lowest BCUT2D eigenvalue weighted by molar-refractivity contribution is 0.0171. The Labute approximate surface area is 97.8 Å². The van der Waals surface area contributed by atoms with Crippen molar-refractivity contribution in [2.24, 2.45) is 5.73 Å². The molecule has 0 aliphatic carbocycles. The quantitative estimate of drug-likeness (QED) is 0.884. The van der Waals surface area contributed by atoms with Gasteiger partial charge in [0.15, 0.2) is 11.5 Å². The van der Waals surface area contributed by atoms with Crippen molar-refractivity contribution >= 4 is 6.08 Å². The van der Waals surface area contributed by atoms with Crippen LogP contribution in [0, 0.1) is 0 Å². The second-order valence-electron chi connectivity index (χ2n) is 3.82. The fourth-order valence-electron chi connectivity index (χ4n) is 1.67. The highest BCUT2D eigenvalue weighted by molar-refractivity contribution is 5.62. The van der Waals surface area contributed by atoms with E-state index < -0.39 is 5.92 Å². The molecular weight excluding hydrogens is 228 g/mol. The molecule has 0 saturated carbocycles. The van der Waals surface area contributed by atoms with Gasteiger partial charge in [-0.05, 0) is 17.7 Å². The van der Waals surface area contributed by atoms with E-state index in [0.717, 1.165) is 6.92 Å². The second-order valence-corrected chi connectivity index (χ2v) is 3.82. The zero-order chi connectivity index (χ0) is 12.5. The molecule has 1 aromatic rings. The molecule has 0 fully saturated rings. The van der Waals surface area contributed by atoms with E-state index in [1.54, 1.807) is 18.2 Å². The first-order chi connectivity index (χ1) is 8.02. The van der Waals surface area contributed by atoms with Gasteiger partial charge in [-0.15, -0.1) is 0 Å². The maximum Gasteiger partial charge on any atom is 0.271 e. The van der Waals surface area contributed by atoms with Crippen LogP contribution in [0.2, 0.25) is 0 Å². The lowest BCUT2D eigenvalue weighted by atomic mass is 10.0. The van der Waals surface area contributed by atoms with Gasteiger partial charge in [-0.1, -0.05) is 12.2 Å². The number of hydrogen-bond acceptors (Lipinski definition) is 3. The number of halogens is 2. The summed E-state index contributed by atoms with van der Waals surface area (Å²) in [6.07, 6.45) is 3.18. The Kier molecular flexibility index (Phi) is 3.02. The van der Waals surface area contributed by atoms with Gasteiger partial charge in [0.2, 0.25) is 6.79 Å². The molecule has 0 atom stereocenters. The molecule has 3 nitrogen and oxygen atoms in total. The highest BCUT2D eigenvalue weighted by atomic mass is 19.3. The molecule has 0 saturated heterocycles. The summed E-state index contributed by atoms with van der Waals surface area (Å²) in [6, 6.07) is 2.86. The van der Waals surface area contributed by atoms with Crippen LogP contribution < -0.4 is 15.2 Å². The predicted molar refractivity (Wildman–Crippen MR) is 60.2 cm³/mol. The van der Waals surface area contributed by atoms with Crippen molar-refractivity contribution < 1.29 is 18.3 Å². The molecule has 92 valence electrons. The van der Waals surface area contributed by atoms with Crippen molar-refractivity contribution in [1.82, 2.24) is 0 Å². The molecule has 5 heteroatoms. The Morgan fingerprint density at radius 3 is 2.59 bits per heavy atom. The van der Waals surface area contributed by atoms with Crippen LogP contribution in [0.25, 0.3) is 6.08 Å². The highest BCUT2D eigenvalue weighted by Crippen LogP contribution is 2.40. The van der Waals surface area contributed by atoms with Crippen molar-refractivity contribution in [3.63, 3.8) is 0 Å². The number of hydrogen-bond donors (Lipinski definition) is 1. The van der Waals surface area contributed by atoms with Gasteiger partial charge in [-0.25, -0.2) is 8.78 Å². The highest BCUT2D eigenvalue weighted by Gasteiger charge is 2.30. The van der Waals surface area contributed by atoms with Gasteiger partial charge in [0.25, 0.3) is 5.92 Å². The van der Waals surface area contributed by atoms with Crippen LogP contribution >= 0.6 is 0 Å². The topological polar surface area (TPSA) is 44.5 Å². The summed E-state index contributed by atoms with van der Waals surface area (Å²) in [7, 11) is 0. The van der Waals surface area contributed by atoms with Crippen LogP contribution in [0.1, 0.15) is 18.1 Å². The van der Waals surface area contributed by atoms with Gasteiger partial charge in [0.1, 0.15) is 0 Å². The predicted octanol–water partition coefficient (Wildman–Crippen LogP) is 2.50. The molecule has 1 aliphatic rings. The minimum absolute atomic E-state index is 0.0636. The second kappa shape index (κ2) is 4.33. The van der Waals surface area contributed by atoms with Gasteiger partial charge in [-0.3, -0.25) is 0 Å². The SMILES string of the molecule is CC(F)(F)c1cc2c(cc1/C=C/CN)OCO2. The smallest absolute Gasteiger partial charge is 0.271 e. The van der Waals surface area contributed by atoms with Crippen molar-refractivity contribution in [3.05, 3.63) is 29.3 Å². The number of ether oxygens (including phenoxy) is 2. The van der Waals surface area contributed by atoms with E-state index in [0.29, 0.717) is 23.6 Å². The van der Waals surface area contributed by atoms with E-state index in [1.165, 1.54) is 6.07 Å². The maximum atomic E-state index is 13.4. The molecule has 1 aromatic carbocycles. The minimum atomic E-state index is -2.94. The molecule has 17 heavy (non-hydrogen) atoms. The average molecular weight is 241 g/mol. The summed E-state index contributed by atoms with van der Waals surface area (Å²) in [5.74, 6) is -2.10. The van der Waals surface area contributed by atoms with Gasteiger partial charge >= 0.3 is 0 Å². The summed E-state index contributed by atoms with van der Waals surface area (Å²) in [5, 5.41) is 0. The largest absolute Gasteiger partial charge is 0.454 e. The summed E-state index contributed by atoms with van der Waals surface area (Å²) in [6.45, 7) is 1.21. The zero-order valence-corrected chi connectivity index (χ0v) is 9.37. The van der Waals surface area contributed by atoms with Crippen LogP contribution in [-0.4, -0.2) is 13.3 Å². The zero-order valence-electron chi connectivity index (χ0n) is 9.37. The van der Waals surface area contributed by atoms with Crippen LogP contribution in [0.3, 0.4) is 0 Å². The van der Waals surface area contributed by atoms with E-state index in [1.807, 2.05) is 0 Å². The molecule has 1 aliphatic heterocycles. The third-order valence-corrected chi connectivity index (χ3v) is 2.45. The first-order valence-corrected chi connectivity index (χ1v) is 5.21. The van der Waals surface area contributed by atoms with Gasteiger partial charge in [-0.2, -0.15) is 0 Å². The monoisotopic (exact) mass is 241 g/mol. The van der Waals surface area contributed by atoms with E-state index in [-0.39, 0.29) is 12.4 Å². The fourth-order valence-corrected chi connectivity index (χ4v) is 1.67. The number of rotatable bonds is 3. The van der Waals surface area contributed by atoms with Crippen LogP contribution in [0.15, 0.2) is 18.2 Å². The molecule has 0 spiro atoms. The van der Waals surface area contributed by atoms with Gasteiger partial charge in [0.05, 0.1) is 0 Å². The van der Waals surface area contributed by atoms with Crippen LogP contribution in [0.5, 0.6) is 11.5 Å². The van der Waals surface area contributed by atoms with E-state index in [9.17, 15) is 8.78 Å². The summed E-state index contributed by atoms with van der Waals surface area (Å²) in [4.78, 5) is 0. The van der Waals surface area contributed by atoms with Crippen molar-refractivity contribution in [3.8, 4) is 11.5 Å². The number of fused-ring (bicyclic) bond motifs is 1. The number of nitrogens with two attached hydrogens (primary N) is 1. The Balaban J connectivity index is 2.51. The van der Waals surface area contributed by atoms with E-state index in [4.69, 9.17) is 15.2 Å². The number of benzene rings is 1. The molecule has 1 heterocycles. The third kappa shape index (κ3) is 2.39. The Bertz CT molecular complexity index is 453.